The normalized spacial score (nSPS) is 10.5. The van der Waals surface area contributed by atoms with Gasteiger partial charge in [0.25, 0.3) is 5.69 Å². The smallest absolute Gasteiger partial charge is 0.359 e. The molecular weight excluding hydrogens is 390 g/mol. The molecule has 0 aliphatic carbocycles. The maximum absolute atomic E-state index is 12.8. The van der Waals surface area contributed by atoms with Gasteiger partial charge in [-0.25, -0.2) is 14.3 Å². The molecule has 30 heavy (non-hydrogen) atoms. The van der Waals surface area contributed by atoms with Crippen LogP contribution in [0.15, 0.2) is 54.6 Å². The Morgan fingerprint density at radius 2 is 1.67 bits per heavy atom. The number of ether oxygens (including phenoxy) is 2. The SMILES string of the molecule is CCOC(=O)c1nn(-c2cccc([N+](=O)[O-])c2)c(-c2ccccc2)c1C(=O)OCC. The molecule has 0 aliphatic rings. The van der Waals surface area contributed by atoms with E-state index in [2.05, 4.69) is 5.10 Å². The van der Waals surface area contributed by atoms with Crippen LogP contribution in [-0.4, -0.2) is 39.9 Å². The molecule has 9 nitrogen and oxygen atoms in total. The van der Waals surface area contributed by atoms with Crippen molar-refractivity contribution in [2.45, 2.75) is 13.8 Å². The minimum atomic E-state index is -0.790. The fraction of sp³-hybridized carbons (Fsp3) is 0.190. The van der Waals surface area contributed by atoms with Crippen molar-refractivity contribution in [2.75, 3.05) is 13.2 Å². The summed E-state index contributed by atoms with van der Waals surface area (Å²) in [7, 11) is 0. The third-order valence-corrected chi connectivity index (χ3v) is 4.17. The van der Waals surface area contributed by atoms with Crippen molar-refractivity contribution in [2.24, 2.45) is 0 Å². The molecule has 3 rings (SSSR count). The van der Waals surface area contributed by atoms with Crippen molar-refractivity contribution in [3.8, 4) is 16.9 Å². The molecule has 0 saturated heterocycles. The van der Waals surface area contributed by atoms with Crippen LogP contribution in [0.3, 0.4) is 0 Å². The molecule has 1 heterocycles. The van der Waals surface area contributed by atoms with Crippen molar-refractivity contribution in [1.82, 2.24) is 9.78 Å². The molecule has 9 heteroatoms. The van der Waals surface area contributed by atoms with Crippen molar-refractivity contribution >= 4 is 17.6 Å². The van der Waals surface area contributed by atoms with Gasteiger partial charge in [-0.2, -0.15) is 5.10 Å². The van der Waals surface area contributed by atoms with Crippen LogP contribution in [0.4, 0.5) is 5.69 Å². The van der Waals surface area contributed by atoms with Gasteiger partial charge in [0.15, 0.2) is 5.69 Å². The molecule has 1 aromatic heterocycles. The van der Waals surface area contributed by atoms with Gasteiger partial charge in [-0.1, -0.05) is 36.4 Å². The highest BCUT2D eigenvalue weighted by Crippen LogP contribution is 2.31. The lowest BCUT2D eigenvalue weighted by Crippen LogP contribution is -2.13. The molecular formula is C21H19N3O6. The van der Waals surface area contributed by atoms with Crippen molar-refractivity contribution in [3.05, 3.63) is 76.0 Å². The Morgan fingerprint density at radius 1 is 1.00 bits per heavy atom. The molecule has 0 amide bonds. The Balaban J connectivity index is 2.34. The van der Waals surface area contributed by atoms with Crippen LogP contribution < -0.4 is 0 Å². The quantitative estimate of drug-likeness (QED) is 0.331. The maximum atomic E-state index is 12.8. The molecule has 0 spiro atoms. The number of nitrogens with zero attached hydrogens (tertiary/aromatic N) is 3. The Kier molecular flexibility index (Phi) is 6.21. The fourth-order valence-electron chi connectivity index (χ4n) is 2.94. The number of benzene rings is 2. The minimum Gasteiger partial charge on any atom is -0.462 e. The average Bonchev–Trinajstić information content (AvgIpc) is 3.16. The highest BCUT2D eigenvalue weighted by atomic mass is 16.6. The van der Waals surface area contributed by atoms with E-state index in [9.17, 15) is 19.7 Å². The lowest BCUT2D eigenvalue weighted by atomic mass is 10.1. The zero-order valence-electron chi connectivity index (χ0n) is 16.4. The van der Waals surface area contributed by atoms with Crippen LogP contribution in [0.5, 0.6) is 0 Å². The monoisotopic (exact) mass is 409 g/mol. The van der Waals surface area contributed by atoms with Crippen molar-refractivity contribution < 1.29 is 24.0 Å². The molecule has 0 bridgehead atoms. The van der Waals surface area contributed by atoms with Gasteiger partial charge in [0.2, 0.25) is 0 Å². The number of aromatic nitrogens is 2. The third-order valence-electron chi connectivity index (χ3n) is 4.17. The zero-order valence-corrected chi connectivity index (χ0v) is 16.4. The van der Waals surface area contributed by atoms with Crippen LogP contribution >= 0.6 is 0 Å². The summed E-state index contributed by atoms with van der Waals surface area (Å²) < 4.78 is 11.6. The Bertz CT molecular complexity index is 1090. The first-order valence-corrected chi connectivity index (χ1v) is 9.25. The van der Waals surface area contributed by atoms with Crippen molar-refractivity contribution in [1.29, 1.82) is 0 Å². The number of carbonyl (C=O) groups excluding carboxylic acids is 2. The third kappa shape index (κ3) is 4.04. The minimum absolute atomic E-state index is 0.0620. The van der Waals surface area contributed by atoms with E-state index in [0.717, 1.165) is 0 Å². The summed E-state index contributed by atoms with van der Waals surface area (Å²) in [6.07, 6.45) is 0. The summed E-state index contributed by atoms with van der Waals surface area (Å²) in [5, 5.41) is 15.5. The van der Waals surface area contributed by atoms with Gasteiger partial charge < -0.3 is 9.47 Å². The highest BCUT2D eigenvalue weighted by molar-refractivity contribution is 6.06. The van der Waals surface area contributed by atoms with E-state index >= 15 is 0 Å². The lowest BCUT2D eigenvalue weighted by Gasteiger charge is -2.10. The molecule has 0 saturated carbocycles. The predicted molar refractivity (Wildman–Crippen MR) is 108 cm³/mol. The van der Waals surface area contributed by atoms with Crippen LogP contribution in [0, 0.1) is 10.1 Å². The van der Waals surface area contributed by atoms with Gasteiger partial charge >= 0.3 is 11.9 Å². The first-order valence-electron chi connectivity index (χ1n) is 9.25. The van der Waals surface area contributed by atoms with Crippen molar-refractivity contribution in [3.63, 3.8) is 0 Å². The lowest BCUT2D eigenvalue weighted by molar-refractivity contribution is -0.384. The summed E-state index contributed by atoms with van der Waals surface area (Å²) in [5.41, 5.74) is 0.725. The van der Waals surface area contributed by atoms with Gasteiger partial charge in [0.05, 0.1) is 29.5 Å². The van der Waals surface area contributed by atoms with E-state index < -0.39 is 16.9 Å². The van der Waals surface area contributed by atoms with E-state index in [0.29, 0.717) is 11.3 Å². The Labute approximate surface area is 172 Å². The van der Waals surface area contributed by atoms with Gasteiger partial charge in [-0.3, -0.25) is 10.1 Å². The number of esters is 2. The van der Waals surface area contributed by atoms with Crippen LogP contribution in [0.25, 0.3) is 16.9 Å². The summed E-state index contributed by atoms with van der Waals surface area (Å²) in [4.78, 5) is 36.1. The topological polar surface area (TPSA) is 114 Å². The molecule has 0 atom stereocenters. The number of nitro benzene ring substituents is 1. The molecule has 0 aliphatic heterocycles. The predicted octanol–water partition coefficient (Wildman–Crippen LogP) is 3.80. The molecule has 0 unspecified atom stereocenters. The fourth-order valence-corrected chi connectivity index (χ4v) is 2.94. The standard InChI is InChI=1S/C21H19N3O6/c1-3-29-20(25)17-18(21(26)30-4-2)22-23(19(17)14-9-6-5-7-10-14)15-11-8-12-16(13-15)24(27)28/h5-13H,3-4H2,1-2H3. The number of hydrogen-bond acceptors (Lipinski definition) is 7. The van der Waals surface area contributed by atoms with E-state index in [1.54, 1.807) is 50.2 Å². The van der Waals surface area contributed by atoms with E-state index in [-0.39, 0.29) is 35.9 Å². The summed E-state index contributed by atoms with van der Waals surface area (Å²) in [6, 6.07) is 14.5. The molecule has 2 aromatic carbocycles. The number of rotatable bonds is 7. The van der Waals surface area contributed by atoms with Gasteiger partial charge in [-0.15, -0.1) is 0 Å². The number of carbonyl (C=O) groups is 2. The van der Waals surface area contributed by atoms with Crippen LogP contribution in [-0.2, 0) is 9.47 Å². The van der Waals surface area contributed by atoms with E-state index in [4.69, 9.17) is 9.47 Å². The second kappa shape index (κ2) is 8.99. The number of nitro groups is 1. The van der Waals surface area contributed by atoms with Gasteiger partial charge in [0, 0.05) is 17.7 Å². The van der Waals surface area contributed by atoms with Gasteiger partial charge in [-0.05, 0) is 19.9 Å². The molecule has 154 valence electrons. The molecule has 0 N–H and O–H groups in total. The first kappa shape index (κ1) is 20.7. The zero-order chi connectivity index (χ0) is 21.7. The van der Waals surface area contributed by atoms with Crippen LogP contribution in [0.1, 0.15) is 34.7 Å². The highest BCUT2D eigenvalue weighted by Gasteiger charge is 2.31. The molecule has 0 fully saturated rings. The van der Waals surface area contributed by atoms with E-state index in [1.807, 2.05) is 0 Å². The summed E-state index contributed by atoms with van der Waals surface area (Å²) >= 11 is 0. The second-order valence-electron chi connectivity index (χ2n) is 6.07. The molecule has 3 aromatic rings. The number of hydrogen-bond donors (Lipinski definition) is 0. The second-order valence-corrected chi connectivity index (χ2v) is 6.07. The average molecular weight is 409 g/mol. The Hall–Kier alpha value is -4.01. The summed E-state index contributed by atoms with van der Waals surface area (Å²) in [6.45, 7) is 3.47. The van der Waals surface area contributed by atoms with Gasteiger partial charge in [0.1, 0.15) is 5.56 Å². The number of non-ortho nitro benzene ring substituents is 1. The molecule has 0 radical (unpaired) electrons. The maximum Gasteiger partial charge on any atom is 0.359 e. The largest absolute Gasteiger partial charge is 0.462 e. The first-order chi connectivity index (χ1) is 14.5. The van der Waals surface area contributed by atoms with Crippen LogP contribution in [0.2, 0.25) is 0 Å². The van der Waals surface area contributed by atoms with E-state index in [1.165, 1.54) is 22.9 Å². The Morgan fingerprint density at radius 3 is 2.30 bits per heavy atom. The summed E-state index contributed by atoms with van der Waals surface area (Å²) in [5.74, 6) is -1.53.